The van der Waals surface area contributed by atoms with Crippen LogP contribution in [0.4, 0.5) is 0 Å². The Morgan fingerprint density at radius 2 is 2.15 bits per heavy atom. The molecule has 1 aromatic heterocycles. The molecule has 2 N–H and O–H groups in total. The van der Waals surface area contributed by atoms with E-state index in [4.69, 9.17) is 4.74 Å². The summed E-state index contributed by atoms with van der Waals surface area (Å²) in [6, 6.07) is 7.35. The lowest BCUT2D eigenvalue weighted by Crippen LogP contribution is -2.28. The van der Waals surface area contributed by atoms with Gasteiger partial charge in [-0.2, -0.15) is 0 Å². The highest BCUT2D eigenvalue weighted by Gasteiger charge is 2.25. The average molecular weight is 375 g/mol. The smallest absolute Gasteiger partial charge is 0.263 e. The van der Waals surface area contributed by atoms with Gasteiger partial charge < -0.3 is 15.2 Å². The standard InChI is InChI=1S/C20H26N2O3S/c1-13(2)25-16-9-5-8-15(10-16)17(23)11-21-20(24)19-18(22-12-26-19)14-6-3-4-7-14/h5,8-10,12-14,17,23H,3-4,6-7,11H2,1-2H3,(H,21,24)/t17-/m0/s1. The van der Waals surface area contributed by atoms with Crippen LogP contribution in [-0.4, -0.2) is 28.6 Å². The first kappa shape index (κ1) is 18.9. The Kier molecular flexibility index (Phi) is 6.27. The molecule has 1 amide bonds. The highest BCUT2D eigenvalue weighted by atomic mass is 32.1. The fraction of sp³-hybridized carbons (Fsp3) is 0.500. The van der Waals surface area contributed by atoms with Gasteiger partial charge in [-0.1, -0.05) is 25.0 Å². The molecule has 1 aromatic carbocycles. The van der Waals surface area contributed by atoms with Crippen molar-refractivity contribution in [1.82, 2.24) is 10.3 Å². The molecule has 1 fully saturated rings. The summed E-state index contributed by atoms with van der Waals surface area (Å²) in [5.74, 6) is 0.966. The van der Waals surface area contributed by atoms with E-state index in [-0.39, 0.29) is 18.6 Å². The highest BCUT2D eigenvalue weighted by Crippen LogP contribution is 2.36. The number of carbonyl (C=O) groups is 1. The van der Waals surface area contributed by atoms with Crippen LogP contribution in [0.1, 0.15) is 72.5 Å². The fourth-order valence-electron chi connectivity index (χ4n) is 3.37. The number of ether oxygens (including phenoxy) is 1. The van der Waals surface area contributed by atoms with Crippen LogP contribution in [0.5, 0.6) is 5.75 Å². The molecule has 6 heteroatoms. The van der Waals surface area contributed by atoms with E-state index in [1.807, 2.05) is 38.1 Å². The Bertz CT molecular complexity index is 738. The van der Waals surface area contributed by atoms with Gasteiger partial charge >= 0.3 is 0 Å². The molecule has 0 saturated heterocycles. The molecule has 140 valence electrons. The van der Waals surface area contributed by atoms with Crippen molar-refractivity contribution >= 4 is 17.2 Å². The quantitative estimate of drug-likeness (QED) is 0.767. The number of aromatic nitrogens is 1. The molecule has 1 saturated carbocycles. The lowest BCUT2D eigenvalue weighted by Gasteiger charge is -2.15. The van der Waals surface area contributed by atoms with Crippen LogP contribution < -0.4 is 10.1 Å². The predicted octanol–water partition coefficient (Wildman–Crippen LogP) is 4.05. The first-order valence-electron chi connectivity index (χ1n) is 9.21. The van der Waals surface area contributed by atoms with Gasteiger partial charge in [-0.3, -0.25) is 4.79 Å². The number of hydrogen-bond acceptors (Lipinski definition) is 5. The maximum absolute atomic E-state index is 12.6. The van der Waals surface area contributed by atoms with Crippen LogP contribution in [0.3, 0.4) is 0 Å². The van der Waals surface area contributed by atoms with Crippen LogP contribution in [-0.2, 0) is 0 Å². The van der Waals surface area contributed by atoms with Crippen molar-refractivity contribution in [3.8, 4) is 5.75 Å². The van der Waals surface area contributed by atoms with Crippen LogP contribution in [0.15, 0.2) is 29.8 Å². The van der Waals surface area contributed by atoms with Crippen LogP contribution in [0, 0.1) is 0 Å². The molecular weight excluding hydrogens is 348 g/mol. The van der Waals surface area contributed by atoms with Gasteiger partial charge in [-0.15, -0.1) is 11.3 Å². The third-order valence-corrected chi connectivity index (χ3v) is 5.45. The molecule has 0 aliphatic heterocycles. The van der Waals surface area contributed by atoms with Crippen molar-refractivity contribution in [2.24, 2.45) is 0 Å². The molecule has 0 bridgehead atoms. The molecule has 1 aliphatic rings. The second-order valence-electron chi connectivity index (χ2n) is 7.01. The van der Waals surface area contributed by atoms with Crippen molar-refractivity contribution in [2.75, 3.05) is 6.54 Å². The lowest BCUT2D eigenvalue weighted by molar-refractivity contribution is 0.0918. The molecule has 0 unspecified atom stereocenters. The minimum atomic E-state index is -0.780. The molecule has 1 heterocycles. The number of aliphatic hydroxyl groups excluding tert-OH is 1. The number of rotatable bonds is 7. The monoisotopic (exact) mass is 374 g/mol. The Labute approximate surface area is 158 Å². The average Bonchev–Trinajstić information content (AvgIpc) is 3.29. The van der Waals surface area contributed by atoms with Gasteiger partial charge in [0, 0.05) is 12.5 Å². The third kappa shape index (κ3) is 4.62. The number of hydrogen-bond donors (Lipinski definition) is 2. The molecule has 3 rings (SSSR count). The SMILES string of the molecule is CC(C)Oc1cccc([C@@H](O)CNC(=O)c2scnc2C2CCCC2)c1. The molecule has 1 aliphatic carbocycles. The second kappa shape index (κ2) is 8.64. The van der Waals surface area contributed by atoms with Crippen molar-refractivity contribution in [3.63, 3.8) is 0 Å². The summed E-state index contributed by atoms with van der Waals surface area (Å²) in [6.07, 6.45) is 3.91. The summed E-state index contributed by atoms with van der Waals surface area (Å²) in [6.45, 7) is 4.08. The third-order valence-electron chi connectivity index (χ3n) is 4.61. The summed E-state index contributed by atoms with van der Waals surface area (Å²) in [7, 11) is 0. The van der Waals surface area contributed by atoms with E-state index in [0.29, 0.717) is 16.5 Å². The van der Waals surface area contributed by atoms with Gasteiger partial charge in [-0.05, 0) is 44.4 Å². The van der Waals surface area contributed by atoms with Crippen molar-refractivity contribution in [1.29, 1.82) is 0 Å². The number of nitrogens with zero attached hydrogens (tertiary/aromatic N) is 1. The first-order chi connectivity index (χ1) is 12.5. The molecule has 5 nitrogen and oxygen atoms in total. The fourth-order valence-corrected chi connectivity index (χ4v) is 4.16. The van der Waals surface area contributed by atoms with E-state index in [1.54, 1.807) is 5.51 Å². The maximum atomic E-state index is 12.6. The Morgan fingerprint density at radius 1 is 1.38 bits per heavy atom. The topological polar surface area (TPSA) is 71.5 Å². The number of benzene rings is 1. The summed E-state index contributed by atoms with van der Waals surface area (Å²) in [5.41, 5.74) is 3.39. The van der Waals surface area contributed by atoms with E-state index in [9.17, 15) is 9.90 Å². The van der Waals surface area contributed by atoms with Crippen molar-refractivity contribution < 1.29 is 14.6 Å². The zero-order valence-electron chi connectivity index (χ0n) is 15.3. The summed E-state index contributed by atoms with van der Waals surface area (Å²) in [4.78, 5) is 17.7. The number of amides is 1. The highest BCUT2D eigenvalue weighted by molar-refractivity contribution is 7.11. The number of nitrogens with one attached hydrogen (secondary N) is 1. The molecule has 1 atom stereocenters. The zero-order valence-corrected chi connectivity index (χ0v) is 16.1. The summed E-state index contributed by atoms with van der Waals surface area (Å²) < 4.78 is 5.66. The van der Waals surface area contributed by atoms with Gasteiger partial charge in [0.2, 0.25) is 0 Å². The normalized spacial score (nSPS) is 16.0. The molecule has 2 aromatic rings. The van der Waals surface area contributed by atoms with Crippen LogP contribution >= 0.6 is 11.3 Å². The van der Waals surface area contributed by atoms with Gasteiger partial charge in [-0.25, -0.2) is 4.98 Å². The Balaban J connectivity index is 1.60. The number of aliphatic hydroxyl groups is 1. The molecule has 0 spiro atoms. The van der Waals surface area contributed by atoms with Crippen molar-refractivity contribution in [3.05, 3.63) is 45.9 Å². The van der Waals surface area contributed by atoms with Crippen LogP contribution in [0.25, 0.3) is 0 Å². The van der Waals surface area contributed by atoms with E-state index < -0.39 is 6.10 Å². The number of thiazole rings is 1. The summed E-state index contributed by atoms with van der Waals surface area (Å²) >= 11 is 1.38. The number of carbonyl (C=O) groups excluding carboxylic acids is 1. The van der Waals surface area contributed by atoms with E-state index in [1.165, 1.54) is 24.2 Å². The first-order valence-corrected chi connectivity index (χ1v) is 10.1. The van der Waals surface area contributed by atoms with Gasteiger partial charge in [0.25, 0.3) is 5.91 Å². The van der Waals surface area contributed by atoms with Crippen molar-refractivity contribution in [2.45, 2.75) is 57.7 Å². The molecule has 26 heavy (non-hydrogen) atoms. The molecular formula is C20H26N2O3S. The van der Waals surface area contributed by atoms with Gasteiger partial charge in [0.15, 0.2) is 0 Å². The van der Waals surface area contributed by atoms with Gasteiger partial charge in [0.05, 0.1) is 23.4 Å². The van der Waals surface area contributed by atoms with Crippen LogP contribution in [0.2, 0.25) is 0 Å². The van der Waals surface area contributed by atoms with E-state index >= 15 is 0 Å². The maximum Gasteiger partial charge on any atom is 0.263 e. The minimum absolute atomic E-state index is 0.0717. The van der Waals surface area contributed by atoms with E-state index in [0.717, 1.165) is 24.1 Å². The second-order valence-corrected chi connectivity index (χ2v) is 7.87. The largest absolute Gasteiger partial charge is 0.491 e. The molecule has 0 radical (unpaired) electrons. The lowest BCUT2D eigenvalue weighted by atomic mass is 10.0. The Hall–Kier alpha value is -1.92. The van der Waals surface area contributed by atoms with E-state index in [2.05, 4.69) is 10.3 Å². The summed E-state index contributed by atoms with van der Waals surface area (Å²) in [5, 5.41) is 13.3. The minimum Gasteiger partial charge on any atom is -0.491 e. The van der Waals surface area contributed by atoms with Gasteiger partial charge in [0.1, 0.15) is 10.6 Å². The zero-order chi connectivity index (χ0) is 18.5. The predicted molar refractivity (Wildman–Crippen MR) is 103 cm³/mol. The Morgan fingerprint density at radius 3 is 2.88 bits per heavy atom.